The van der Waals surface area contributed by atoms with Gasteiger partial charge in [0, 0.05) is 13.1 Å². The Balaban J connectivity index is 1.72. The molecule has 3 rings (SSSR count). The third-order valence-corrected chi connectivity index (χ3v) is 4.40. The molecule has 0 spiro atoms. The zero-order chi connectivity index (χ0) is 13.1. The summed E-state index contributed by atoms with van der Waals surface area (Å²) >= 11 is 0. The van der Waals surface area contributed by atoms with E-state index >= 15 is 0 Å². The molecule has 0 aliphatic carbocycles. The van der Waals surface area contributed by atoms with E-state index in [1.54, 1.807) is 0 Å². The van der Waals surface area contributed by atoms with Gasteiger partial charge in [-0.1, -0.05) is 24.3 Å². The van der Waals surface area contributed by atoms with E-state index in [1.807, 2.05) is 0 Å². The van der Waals surface area contributed by atoms with Crippen molar-refractivity contribution in [2.24, 2.45) is 0 Å². The number of hydrogen-bond donors (Lipinski definition) is 1. The number of morpholine rings is 1. The first-order valence-corrected chi connectivity index (χ1v) is 7.43. The van der Waals surface area contributed by atoms with Gasteiger partial charge in [-0.15, -0.1) is 0 Å². The van der Waals surface area contributed by atoms with Crippen molar-refractivity contribution in [2.75, 3.05) is 39.8 Å². The van der Waals surface area contributed by atoms with Crippen LogP contribution in [0.25, 0.3) is 0 Å². The molecule has 2 heterocycles. The van der Waals surface area contributed by atoms with Crippen LogP contribution in [0, 0.1) is 0 Å². The maximum Gasteiger partial charge on any atom is 0.0949 e. The first-order valence-electron chi connectivity index (χ1n) is 7.43. The van der Waals surface area contributed by atoms with Crippen molar-refractivity contribution >= 4 is 0 Å². The second-order valence-corrected chi connectivity index (χ2v) is 5.81. The first-order chi connectivity index (χ1) is 9.33. The molecule has 2 aliphatic heterocycles. The van der Waals surface area contributed by atoms with Gasteiger partial charge in [-0.25, -0.2) is 0 Å². The summed E-state index contributed by atoms with van der Waals surface area (Å²) < 4.78 is 5.85. The normalized spacial score (nSPS) is 26.5. The smallest absolute Gasteiger partial charge is 0.0949 e. The molecular formula is C16H24N2O. The van der Waals surface area contributed by atoms with Crippen molar-refractivity contribution in [3.05, 3.63) is 35.4 Å². The molecule has 0 radical (unpaired) electrons. The predicted octanol–water partition coefficient (Wildman–Crippen LogP) is 2.16. The summed E-state index contributed by atoms with van der Waals surface area (Å²) in [5, 5.41) is 3.41. The highest BCUT2D eigenvalue weighted by molar-refractivity contribution is 5.28. The highest BCUT2D eigenvalue weighted by atomic mass is 16.5. The summed E-state index contributed by atoms with van der Waals surface area (Å²) in [4.78, 5) is 2.43. The van der Waals surface area contributed by atoms with E-state index in [2.05, 4.69) is 41.5 Å². The number of hydrogen-bond acceptors (Lipinski definition) is 3. The fourth-order valence-corrected chi connectivity index (χ4v) is 3.13. The van der Waals surface area contributed by atoms with Crippen LogP contribution in [-0.4, -0.2) is 44.7 Å². The van der Waals surface area contributed by atoms with Crippen LogP contribution in [-0.2, 0) is 4.74 Å². The minimum atomic E-state index is 0.236. The topological polar surface area (TPSA) is 24.5 Å². The Kier molecular flexibility index (Phi) is 4.16. The molecule has 2 saturated heterocycles. The average molecular weight is 260 g/mol. The van der Waals surface area contributed by atoms with Gasteiger partial charge in [-0.3, -0.25) is 0 Å². The fourth-order valence-electron chi connectivity index (χ4n) is 3.13. The molecular weight excluding hydrogens is 236 g/mol. The van der Waals surface area contributed by atoms with E-state index in [0.717, 1.165) is 25.6 Å². The lowest BCUT2D eigenvalue weighted by molar-refractivity contribution is 0.0276. The molecule has 0 bridgehead atoms. The Morgan fingerprint density at radius 2 is 2.00 bits per heavy atom. The minimum Gasteiger partial charge on any atom is -0.371 e. The summed E-state index contributed by atoms with van der Waals surface area (Å²) in [7, 11) is 2.22. The third kappa shape index (κ3) is 3.16. The number of ether oxygens (including phenoxy) is 1. The molecule has 19 heavy (non-hydrogen) atoms. The monoisotopic (exact) mass is 260 g/mol. The van der Waals surface area contributed by atoms with Gasteiger partial charge in [0.25, 0.3) is 0 Å². The van der Waals surface area contributed by atoms with Crippen LogP contribution in [0.15, 0.2) is 24.3 Å². The van der Waals surface area contributed by atoms with Crippen molar-refractivity contribution in [3.63, 3.8) is 0 Å². The summed E-state index contributed by atoms with van der Waals surface area (Å²) in [6.07, 6.45) is 2.80. The van der Waals surface area contributed by atoms with Crippen LogP contribution < -0.4 is 5.32 Å². The molecule has 0 amide bonds. The van der Waals surface area contributed by atoms with Gasteiger partial charge in [0.2, 0.25) is 0 Å². The highest BCUT2D eigenvalue weighted by Crippen LogP contribution is 2.30. The maximum absolute atomic E-state index is 5.85. The van der Waals surface area contributed by atoms with Crippen molar-refractivity contribution in [1.82, 2.24) is 10.2 Å². The summed E-state index contributed by atoms with van der Waals surface area (Å²) in [6, 6.07) is 9.06. The molecule has 2 aliphatic rings. The number of rotatable bonds is 2. The van der Waals surface area contributed by atoms with Crippen LogP contribution in [0.2, 0.25) is 0 Å². The summed E-state index contributed by atoms with van der Waals surface area (Å²) in [5.74, 6) is 0.729. The van der Waals surface area contributed by atoms with Crippen LogP contribution >= 0.6 is 0 Å². The lowest BCUT2D eigenvalue weighted by atomic mass is 9.88. The van der Waals surface area contributed by atoms with Crippen LogP contribution in [0.5, 0.6) is 0 Å². The number of benzene rings is 1. The first kappa shape index (κ1) is 13.1. The average Bonchev–Trinajstić information content (AvgIpc) is 2.49. The molecule has 1 aromatic rings. The number of nitrogens with zero attached hydrogens (tertiary/aromatic N) is 1. The van der Waals surface area contributed by atoms with Gasteiger partial charge < -0.3 is 15.0 Å². The molecule has 1 atom stereocenters. The Morgan fingerprint density at radius 1 is 1.21 bits per heavy atom. The zero-order valence-corrected chi connectivity index (χ0v) is 11.8. The molecule has 0 saturated carbocycles. The quantitative estimate of drug-likeness (QED) is 0.882. The van der Waals surface area contributed by atoms with E-state index in [0.29, 0.717) is 0 Å². The zero-order valence-electron chi connectivity index (χ0n) is 11.8. The number of nitrogens with one attached hydrogen (secondary N) is 1. The lowest BCUT2D eigenvalue weighted by Gasteiger charge is -2.30. The molecule has 1 aromatic carbocycles. The maximum atomic E-state index is 5.85. The Morgan fingerprint density at radius 3 is 2.74 bits per heavy atom. The molecule has 104 valence electrons. The van der Waals surface area contributed by atoms with Gasteiger partial charge in [0.05, 0.1) is 12.7 Å². The van der Waals surface area contributed by atoms with Gasteiger partial charge in [-0.2, -0.15) is 0 Å². The van der Waals surface area contributed by atoms with Crippen LogP contribution in [0.3, 0.4) is 0 Å². The van der Waals surface area contributed by atoms with E-state index < -0.39 is 0 Å². The second-order valence-electron chi connectivity index (χ2n) is 5.81. The van der Waals surface area contributed by atoms with Gasteiger partial charge in [0.1, 0.15) is 0 Å². The predicted molar refractivity (Wildman–Crippen MR) is 77.5 cm³/mol. The summed E-state index contributed by atoms with van der Waals surface area (Å²) in [6.45, 7) is 5.18. The summed E-state index contributed by atoms with van der Waals surface area (Å²) in [5.41, 5.74) is 2.84. The molecule has 3 heteroatoms. The third-order valence-electron chi connectivity index (χ3n) is 4.40. The Labute approximate surface area is 115 Å². The second kappa shape index (κ2) is 6.04. The highest BCUT2D eigenvalue weighted by Gasteiger charge is 2.20. The van der Waals surface area contributed by atoms with Crippen LogP contribution in [0.4, 0.5) is 0 Å². The van der Waals surface area contributed by atoms with Gasteiger partial charge in [0.15, 0.2) is 0 Å². The van der Waals surface area contributed by atoms with Crippen LogP contribution in [0.1, 0.15) is 36.0 Å². The van der Waals surface area contributed by atoms with E-state index in [-0.39, 0.29) is 6.10 Å². The molecule has 1 unspecified atom stereocenters. The standard InChI is InChI=1S/C16H24N2O/c1-18-8-5-13(6-9-18)14-3-2-4-15(11-14)16-12-17-7-10-19-16/h2-4,11,13,16-17H,5-10,12H2,1H3. The lowest BCUT2D eigenvalue weighted by Crippen LogP contribution is -2.33. The van der Waals surface area contributed by atoms with E-state index in [9.17, 15) is 0 Å². The van der Waals surface area contributed by atoms with Crippen molar-refractivity contribution < 1.29 is 4.74 Å². The Bertz CT molecular complexity index is 407. The number of likely N-dealkylation sites (tertiary alicyclic amines) is 1. The molecule has 3 nitrogen and oxygen atoms in total. The number of piperidine rings is 1. The van der Waals surface area contributed by atoms with E-state index in [4.69, 9.17) is 4.74 Å². The van der Waals surface area contributed by atoms with E-state index in [1.165, 1.54) is 37.1 Å². The van der Waals surface area contributed by atoms with Crippen molar-refractivity contribution in [3.8, 4) is 0 Å². The fraction of sp³-hybridized carbons (Fsp3) is 0.625. The van der Waals surface area contributed by atoms with Crippen molar-refractivity contribution in [2.45, 2.75) is 24.9 Å². The molecule has 0 aromatic heterocycles. The Hall–Kier alpha value is -0.900. The molecule has 2 fully saturated rings. The van der Waals surface area contributed by atoms with Crippen molar-refractivity contribution in [1.29, 1.82) is 0 Å². The SMILES string of the molecule is CN1CCC(c2cccc(C3CNCCO3)c2)CC1. The largest absolute Gasteiger partial charge is 0.371 e. The van der Waals surface area contributed by atoms with Gasteiger partial charge >= 0.3 is 0 Å². The van der Waals surface area contributed by atoms with Gasteiger partial charge in [-0.05, 0) is 50.0 Å². The molecule has 1 N–H and O–H groups in total. The minimum absolute atomic E-state index is 0.236.